The summed E-state index contributed by atoms with van der Waals surface area (Å²) in [6.07, 6.45) is 6.78. The van der Waals surface area contributed by atoms with Crippen LogP contribution in [0.3, 0.4) is 0 Å². The minimum absolute atomic E-state index is 0.0163. The van der Waals surface area contributed by atoms with Crippen molar-refractivity contribution < 1.29 is 4.79 Å². The molecule has 0 spiro atoms. The fourth-order valence-electron chi connectivity index (χ4n) is 2.29. The van der Waals surface area contributed by atoms with E-state index in [2.05, 4.69) is 24.2 Å². The predicted octanol–water partition coefficient (Wildman–Crippen LogP) is 2.37. The van der Waals surface area contributed by atoms with Gasteiger partial charge >= 0.3 is 0 Å². The topological polar surface area (TPSA) is 56.1 Å². The van der Waals surface area contributed by atoms with Crippen molar-refractivity contribution in [3.8, 4) is 18.4 Å². The third kappa shape index (κ3) is 2.75. The van der Waals surface area contributed by atoms with E-state index in [1.165, 1.54) is 0 Å². The zero-order chi connectivity index (χ0) is 14.5. The number of carbonyl (C=O) groups is 1. The van der Waals surface area contributed by atoms with Crippen molar-refractivity contribution >= 4 is 17.3 Å². The molecule has 0 saturated carbocycles. The first-order chi connectivity index (χ1) is 9.69. The van der Waals surface area contributed by atoms with E-state index in [0.29, 0.717) is 18.5 Å². The van der Waals surface area contributed by atoms with E-state index in [1.807, 2.05) is 6.07 Å². The summed E-state index contributed by atoms with van der Waals surface area (Å²) in [7, 11) is 0. The molecular weight excluding hydrogens is 250 g/mol. The van der Waals surface area contributed by atoms with Crippen LogP contribution < -0.4 is 10.2 Å². The van der Waals surface area contributed by atoms with E-state index in [1.54, 1.807) is 17.0 Å². The van der Waals surface area contributed by atoms with Crippen LogP contribution in [0.15, 0.2) is 18.2 Å². The number of terminal acetylenes is 1. The molecule has 1 atom stereocenters. The van der Waals surface area contributed by atoms with E-state index in [-0.39, 0.29) is 11.8 Å². The van der Waals surface area contributed by atoms with E-state index in [4.69, 9.17) is 11.7 Å². The monoisotopic (exact) mass is 267 g/mol. The summed E-state index contributed by atoms with van der Waals surface area (Å²) in [5.74, 6) is 2.60. The van der Waals surface area contributed by atoms with E-state index >= 15 is 0 Å². The molecule has 2 rings (SSSR count). The first-order valence-corrected chi connectivity index (χ1v) is 6.74. The van der Waals surface area contributed by atoms with Gasteiger partial charge in [0.2, 0.25) is 5.91 Å². The maximum atomic E-state index is 12.1. The smallest absolute Gasteiger partial charge is 0.228 e. The first-order valence-electron chi connectivity index (χ1n) is 6.74. The van der Waals surface area contributed by atoms with Crippen LogP contribution in [0.1, 0.15) is 25.3 Å². The lowest BCUT2D eigenvalue weighted by Crippen LogP contribution is -2.25. The SMILES string of the molecule is C#CC1CC(=O)N(c2cc(C#N)ccc2NCCC)C1. The van der Waals surface area contributed by atoms with Crippen molar-refractivity contribution in [3.05, 3.63) is 23.8 Å². The Bertz CT molecular complexity index is 595. The average Bonchev–Trinajstić information content (AvgIpc) is 2.86. The summed E-state index contributed by atoms with van der Waals surface area (Å²) in [5, 5.41) is 12.3. The molecule has 1 N–H and O–H groups in total. The van der Waals surface area contributed by atoms with Gasteiger partial charge in [0.05, 0.1) is 23.0 Å². The van der Waals surface area contributed by atoms with E-state index in [0.717, 1.165) is 24.3 Å². The first kappa shape index (κ1) is 14.0. The molecule has 1 saturated heterocycles. The summed E-state index contributed by atoms with van der Waals surface area (Å²) >= 11 is 0. The van der Waals surface area contributed by atoms with Crippen LogP contribution in [0.2, 0.25) is 0 Å². The summed E-state index contributed by atoms with van der Waals surface area (Å²) < 4.78 is 0. The molecule has 20 heavy (non-hydrogen) atoms. The maximum absolute atomic E-state index is 12.1. The summed E-state index contributed by atoms with van der Waals surface area (Å²) in [4.78, 5) is 13.8. The number of nitriles is 1. The number of anilines is 2. The molecule has 0 aromatic heterocycles. The fourth-order valence-corrected chi connectivity index (χ4v) is 2.29. The molecular formula is C16H17N3O. The van der Waals surface area contributed by atoms with Crippen molar-refractivity contribution in [3.63, 3.8) is 0 Å². The Balaban J connectivity index is 2.35. The van der Waals surface area contributed by atoms with E-state index in [9.17, 15) is 4.79 Å². The summed E-state index contributed by atoms with van der Waals surface area (Å²) in [6, 6.07) is 7.45. The standard InChI is InChI=1S/C16H17N3O/c1-3-7-18-14-6-5-13(10-17)8-15(14)19-11-12(4-2)9-16(19)20/h2,5-6,8,12,18H,3,7,9,11H2,1H3. The Kier molecular flexibility index (Phi) is 4.27. The van der Waals surface area contributed by atoms with Crippen LogP contribution in [0, 0.1) is 29.6 Å². The minimum Gasteiger partial charge on any atom is -0.383 e. The molecule has 0 radical (unpaired) electrons. The van der Waals surface area contributed by atoms with Crippen molar-refractivity contribution in [2.45, 2.75) is 19.8 Å². The molecule has 4 nitrogen and oxygen atoms in total. The highest BCUT2D eigenvalue weighted by Crippen LogP contribution is 2.32. The Labute approximate surface area is 119 Å². The number of amides is 1. The normalized spacial score (nSPS) is 17.6. The van der Waals surface area contributed by atoms with Gasteiger partial charge in [0.15, 0.2) is 0 Å². The van der Waals surface area contributed by atoms with Crippen LogP contribution in [0.25, 0.3) is 0 Å². The van der Waals surface area contributed by atoms with Gasteiger partial charge in [-0.05, 0) is 24.6 Å². The number of hydrogen-bond donors (Lipinski definition) is 1. The lowest BCUT2D eigenvalue weighted by molar-refractivity contribution is -0.117. The number of carbonyl (C=O) groups excluding carboxylic acids is 1. The molecule has 1 aromatic carbocycles. The average molecular weight is 267 g/mol. The molecule has 1 unspecified atom stereocenters. The largest absolute Gasteiger partial charge is 0.383 e. The minimum atomic E-state index is -0.0488. The number of benzene rings is 1. The van der Waals surface area contributed by atoms with Crippen LogP contribution in [0.5, 0.6) is 0 Å². The number of rotatable bonds is 4. The molecule has 0 bridgehead atoms. The summed E-state index contributed by atoms with van der Waals surface area (Å²) in [6.45, 7) is 3.41. The molecule has 1 aliphatic heterocycles. The molecule has 0 aliphatic carbocycles. The highest BCUT2D eigenvalue weighted by Gasteiger charge is 2.30. The van der Waals surface area contributed by atoms with Gasteiger partial charge < -0.3 is 10.2 Å². The lowest BCUT2D eigenvalue weighted by atomic mass is 10.1. The Morgan fingerprint density at radius 2 is 2.35 bits per heavy atom. The van der Waals surface area contributed by atoms with Gasteiger partial charge in [0.25, 0.3) is 0 Å². The second-order valence-electron chi connectivity index (χ2n) is 4.84. The Morgan fingerprint density at radius 1 is 1.55 bits per heavy atom. The summed E-state index contributed by atoms with van der Waals surface area (Å²) in [5.41, 5.74) is 2.16. The van der Waals surface area contributed by atoms with Crippen LogP contribution >= 0.6 is 0 Å². The van der Waals surface area contributed by atoms with Gasteiger partial charge in [-0.25, -0.2) is 0 Å². The predicted molar refractivity (Wildman–Crippen MR) is 79.2 cm³/mol. The number of nitrogens with zero attached hydrogens (tertiary/aromatic N) is 2. The molecule has 1 heterocycles. The maximum Gasteiger partial charge on any atom is 0.228 e. The quantitative estimate of drug-likeness (QED) is 0.852. The van der Waals surface area contributed by atoms with Crippen molar-refractivity contribution in [1.29, 1.82) is 5.26 Å². The zero-order valence-electron chi connectivity index (χ0n) is 11.5. The van der Waals surface area contributed by atoms with E-state index < -0.39 is 0 Å². The third-order valence-corrected chi connectivity index (χ3v) is 3.34. The molecule has 1 amide bonds. The highest BCUT2D eigenvalue weighted by atomic mass is 16.2. The molecule has 1 aromatic rings. The van der Waals surface area contributed by atoms with Crippen molar-refractivity contribution in [2.24, 2.45) is 5.92 Å². The Hall–Kier alpha value is -2.46. The molecule has 1 fully saturated rings. The van der Waals surface area contributed by atoms with Gasteiger partial charge in [0.1, 0.15) is 0 Å². The van der Waals surface area contributed by atoms with Crippen molar-refractivity contribution in [1.82, 2.24) is 0 Å². The third-order valence-electron chi connectivity index (χ3n) is 3.34. The molecule has 4 heteroatoms. The van der Waals surface area contributed by atoms with Crippen molar-refractivity contribution in [2.75, 3.05) is 23.3 Å². The van der Waals surface area contributed by atoms with Gasteiger partial charge in [-0.15, -0.1) is 12.3 Å². The van der Waals surface area contributed by atoms with Gasteiger partial charge in [-0.2, -0.15) is 5.26 Å². The van der Waals surface area contributed by atoms with Crippen LogP contribution in [-0.4, -0.2) is 19.0 Å². The number of hydrogen-bond acceptors (Lipinski definition) is 3. The Morgan fingerprint density at radius 3 is 2.95 bits per heavy atom. The van der Waals surface area contributed by atoms with Gasteiger partial charge in [-0.1, -0.05) is 6.92 Å². The van der Waals surface area contributed by atoms with Crippen LogP contribution in [-0.2, 0) is 4.79 Å². The van der Waals surface area contributed by atoms with Gasteiger partial charge in [-0.3, -0.25) is 4.79 Å². The molecule has 1 aliphatic rings. The van der Waals surface area contributed by atoms with Crippen LogP contribution in [0.4, 0.5) is 11.4 Å². The highest BCUT2D eigenvalue weighted by molar-refractivity contribution is 5.99. The fraction of sp³-hybridized carbons (Fsp3) is 0.375. The number of nitrogens with one attached hydrogen (secondary N) is 1. The second kappa shape index (κ2) is 6.12. The molecule has 102 valence electrons. The zero-order valence-corrected chi connectivity index (χ0v) is 11.5. The lowest BCUT2D eigenvalue weighted by Gasteiger charge is -2.21. The van der Waals surface area contributed by atoms with Gasteiger partial charge in [0, 0.05) is 25.4 Å². The second-order valence-corrected chi connectivity index (χ2v) is 4.84.